The summed E-state index contributed by atoms with van der Waals surface area (Å²) in [6, 6.07) is 18.4. The van der Waals surface area contributed by atoms with Crippen molar-refractivity contribution >= 4 is 11.6 Å². The lowest BCUT2D eigenvalue weighted by molar-refractivity contribution is 0.141. The molecule has 0 bridgehead atoms. The predicted molar refractivity (Wildman–Crippen MR) is 108 cm³/mol. The molecule has 1 aliphatic rings. The van der Waals surface area contributed by atoms with Crippen molar-refractivity contribution in [2.75, 3.05) is 7.05 Å². The third-order valence-electron chi connectivity index (χ3n) is 5.44. The number of rotatable bonds is 5. The van der Waals surface area contributed by atoms with Gasteiger partial charge in [-0.3, -0.25) is 4.90 Å². The maximum Gasteiger partial charge on any atom is 0.247 e. The predicted octanol–water partition coefficient (Wildman–Crippen LogP) is 5.74. The van der Waals surface area contributed by atoms with Crippen LogP contribution in [0.25, 0.3) is 11.5 Å². The second-order valence-corrected chi connectivity index (χ2v) is 7.66. The van der Waals surface area contributed by atoms with Crippen molar-refractivity contribution in [2.45, 2.75) is 44.2 Å². The van der Waals surface area contributed by atoms with E-state index in [9.17, 15) is 0 Å². The van der Waals surface area contributed by atoms with Gasteiger partial charge in [0.15, 0.2) is 0 Å². The van der Waals surface area contributed by atoms with Gasteiger partial charge in [-0.15, -0.1) is 10.2 Å². The molecule has 1 aromatic heterocycles. The maximum absolute atomic E-state index is 6.13. The van der Waals surface area contributed by atoms with Gasteiger partial charge in [-0.1, -0.05) is 61.2 Å². The first-order valence-electron chi connectivity index (χ1n) is 9.58. The van der Waals surface area contributed by atoms with E-state index in [0.29, 0.717) is 22.8 Å². The second-order valence-electron chi connectivity index (χ2n) is 7.22. The minimum absolute atomic E-state index is 0.0390. The SMILES string of the molecule is CN(C1CCCCC1)[C@H](c1ccccc1)c1nnc(-c2ccc(Cl)cc2)o1. The number of nitrogens with zero attached hydrogens (tertiary/aromatic N) is 3. The Bertz CT molecular complexity index is 857. The average molecular weight is 382 g/mol. The van der Waals surface area contributed by atoms with Gasteiger partial charge in [-0.25, -0.2) is 0 Å². The molecule has 1 saturated carbocycles. The van der Waals surface area contributed by atoms with Crippen LogP contribution >= 0.6 is 11.6 Å². The first kappa shape index (κ1) is 18.2. The third kappa shape index (κ3) is 4.07. The quantitative estimate of drug-likeness (QED) is 0.564. The molecular weight excluding hydrogens is 358 g/mol. The highest BCUT2D eigenvalue weighted by atomic mass is 35.5. The van der Waals surface area contributed by atoms with Crippen LogP contribution in [-0.4, -0.2) is 28.2 Å². The van der Waals surface area contributed by atoms with Crippen molar-refractivity contribution in [1.29, 1.82) is 0 Å². The largest absolute Gasteiger partial charge is 0.419 e. The van der Waals surface area contributed by atoms with Gasteiger partial charge in [0, 0.05) is 16.6 Å². The summed E-state index contributed by atoms with van der Waals surface area (Å²) in [7, 11) is 2.18. The Morgan fingerprint density at radius 3 is 2.37 bits per heavy atom. The first-order valence-corrected chi connectivity index (χ1v) is 9.96. The average Bonchev–Trinajstić information content (AvgIpc) is 3.20. The van der Waals surface area contributed by atoms with Gasteiger partial charge >= 0.3 is 0 Å². The minimum atomic E-state index is -0.0390. The molecule has 5 heteroatoms. The Hall–Kier alpha value is -2.17. The number of halogens is 1. The fourth-order valence-electron chi connectivity index (χ4n) is 3.94. The van der Waals surface area contributed by atoms with Gasteiger partial charge in [0.05, 0.1) is 0 Å². The van der Waals surface area contributed by atoms with E-state index >= 15 is 0 Å². The number of hydrogen-bond acceptors (Lipinski definition) is 4. The molecule has 0 aliphatic heterocycles. The van der Waals surface area contributed by atoms with Crippen molar-refractivity contribution < 1.29 is 4.42 Å². The Morgan fingerprint density at radius 1 is 0.963 bits per heavy atom. The van der Waals surface area contributed by atoms with E-state index < -0.39 is 0 Å². The summed E-state index contributed by atoms with van der Waals surface area (Å²) in [4.78, 5) is 2.41. The molecule has 0 N–H and O–H groups in total. The molecule has 2 aromatic carbocycles. The zero-order valence-corrected chi connectivity index (χ0v) is 16.3. The van der Waals surface area contributed by atoms with Gasteiger partial charge in [0.25, 0.3) is 0 Å². The van der Waals surface area contributed by atoms with Gasteiger partial charge < -0.3 is 4.42 Å². The lowest BCUT2D eigenvalue weighted by atomic mass is 9.92. The smallest absolute Gasteiger partial charge is 0.247 e. The molecule has 4 nitrogen and oxygen atoms in total. The Kier molecular flexibility index (Phi) is 5.55. The maximum atomic E-state index is 6.13. The van der Waals surface area contributed by atoms with Crippen molar-refractivity contribution in [1.82, 2.24) is 15.1 Å². The fourth-order valence-corrected chi connectivity index (χ4v) is 4.07. The lowest BCUT2D eigenvalue weighted by Gasteiger charge is -2.35. The van der Waals surface area contributed by atoms with Gasteiger partial charge in [0.2, 0.25) is 11.8 Å². The molecule has 0 unspecified atom stereocenters. The highest BCUT2D eigenvalue weighted by Gasteiger charge is 2.30. The summed E-state index contributed by atoms with van der Waals surface area (Å²) in [5, 5.41) is 9.41. The van der Waals surface area contributed by atoms with Crippen LogP contribution in [0.4, 0.5) is 0 Å². The van der Waals surface area contributed by atoms with Crippen LogP contribution in [0.1, 0.15) is 49.6 Å². The summed E-state index contributed by atoms with van der Waals surface area (Å²) in [5.41, 5.74) is 2.06. The Labute approximate surface area is 165 Å². The van der Waals surface area contributed by atoms with Crippen LogP contribution < -0.4 is 0 Å². The monoisotopic (exact) mass is 381 g/mol. The van der Waals surface area contributed by atoms with Crippen LogP contribution in [0.3, 0.4) is 0 Å². The van der Waals surface area contributed by atoms with Gasteiger partial charge in [0.1, 0.15) is 6.04 Å². The van der Waals surface area contributed by atoms with Crippen LogP contribution in [0, 0.1) is 0 Å². The molecule has 1 aliphatic carbocycles. The van der Waals surface area contributed by atoms with Crippen molar-refractivity contribution in [3.63, 3.8) is 0 Å². The van der Waals surface area contributed by atoms with E-state index in [1.165, 1.54) is 37.7 Å². The summed E-state index contributed by atoms with van der Waals surface area (Å²) in [6.45, 7) is 0. The minimum Gasteiger partial charge on any atom is -0.419 e. The molecule has 4 rings (SSSR count). The molecule has 1 fully saturated rings. The van der Waals surface area contributed by atoms with Crippen LogP contribution in [0.5, 0.6) is 0 Å². The zero-order valence-electron chi connectivity index (χ0n) is 15.5. The van der Waals surface area contributed by atoms with Gasteiger partial charge in [-0.2, -0.15) is 0 Å². The van der Waals surface area contributed by atoms with Crippen molar-refractivity contribution in [3.05, 3.63) is 71.1 Å². The lowest BCUT2D eigenvalue weighted by Crippen LogP contribution is -2.37. The number of benzene rings is 2. The summed E-state index contributed by atoms with van der Waals surface area (Å²) in [6.07, 6.45) is 6.35. The van der Waals surface area contributed by atoms with E-state index in [4.69, 9.17) is 16.0 Å². The third-order valence-corrected chi connectivity index (χ3v) is 5.69. The Morgan fingerprint density at radius 2 is 1.67 bits per heavy atom. The summed E-state index contributed by atoms with van der Waals surface area (Å²) >= 11 is 5.99. The molecule has 0 amide bonds. The van der Waals surface area contributed by atoms with Crippen LogP contribution in [0.15, 0.2) is 59.0 Å². The van der Waals surface area contributed by atoms with E-state index in [-0.39, 0.29) is 6.04 Å². The zero-order chi connectivity index (χ0) is 18.6. The molecule has 0 spiro atoms. The highest BCUT2D eigenvalue weighted by Crippen LogP contribution is 2.34. The van der Waals surface area contributed by atoms with E-state index in [1.54, 1.807) is 0 Å². The van der Waals surface area contributed by atoms with Crippen molar-refractivity contribution in [3.8, 4) is 11.5 Å². The molecule has 1 heterocycles. The number of hydrogen-bond donors (Lipinski definition) is 0. The normalized spacial score (nSPS) is 16.6. The molecule has 3 aromatic rings. The van der Waals surface area contributed by atoms with E-state index in [1.807, 2.05) is 30.3 Å². The molecule has 27 heavy (non-hydrogen) atoms. The second kappa shape index (κ2) is 8.24. The summed E-state index contributed by atoms with van der Waals surface area (Å²) in [5.74, 6) is 1.17. The standard InChI is InChI=1S/C22H24ClN3O/c1-26(19-10-6-3-7-11-19)20(16-8-4-2-5-9-16)22-25-24-21(27-22)17-12-14-18(23)15-13-17/h2,4-5,8-9,12-15,19-20H,3,6-7,10-11H2,1H3/t20-/m1/s1. The molecule has 1 atom stereocenters. The topological polar surface area (TPSA) is 42.2 Å². The Balaban J connectivity index is 1.67. The van der Waals surface area contributed by atoms with E-state index in [0.717, 1.165) is 5.56 Å². The molecular formula is C22H24ClN3O. The van der Waals surface area contributed by atoms with Crippen LogP contribution in [-0.2, 0) is 0 Å². The van der Waals surface area contributed by atoms with Gasteiger partial charge in [-0.05, 0) is 49.7 Å². The van der Waals surface area contributed by atoms with E-state index in [2.05, 4.69) is 46.4 Å². The number of aromatic nitrogens is 2. The summed E-state index contributed by atoms with van der Waals surface area (Å²) < 4.78 is 6.13. The molecule has 0 saturated heterocycles. The highest BCUT2D eigenvalue weighted by molar-refractivity contribution is 6.30. The van der Waals surface area contributed by atoms with Crippen LogP contribution in [0.2, 0.25) is 5.02 Å². The fraction of sp³-hybridized carbons (Fsp3) is 0.364. The first-order chi connectivity index (χ1) is 13.2. The molecule has 0 radical (unpaired) electrons. The molecule has 140 valence electrons. The van der Waals surface area contributed by atoms with Crippen molar-refractivity contribution in [2.24, 2.45) is 0 Å².